The highest BCUT2D eigenvalue weighted by Gasteiger charge is 2.36. The third-order valence-electron chi connectivity index (χ3n) is 4.19. The zero-order valence-electron chi connectivity index (χ0n) is 11.9. The number of halogens is 5. The molecular formula is C15H20Cl2F3NO. The third-order valence-corrected chi connectivity index (χ3v) is 4.62. The Kier molecular flexibility index (Phi) is 6.99. The van der Waals surface area contributed by atoms with E-state index >= 15 is 0 Å². The number of nitrogens with two attached hydrogens (primary N) is 1. The predicted molar refractivity (Wildman–Crippen MR) is 83.2 cm³/mol. The van der Waals surface area contributed by atoms with Crippen molar-refractivity contribution in [2.24, 2.45) is 11.7 Å². The molecule has 1 aromatic rings. The van der Waals surface area contributed by atoms with Gasteiger partial charge in [0.2, 0.25) is 0 Å². The highest BCUT2D eigenvalue weighted by Crippen LogP contribution is 2.39. The summed E-state index contributed by atoms with van der Waals surface area (Å²) in [4.78, 5) is 0. The molecule has 22 heavy (non-hydrogen) atoms. The van der Waals surface area contributed by atoms with Crippen molar-refractivity contribution in [3.05, 3.63) is 34.3 Å². The van der Waals surface area contributed by atoms with Crippen LogP contribution in [-0.4, -0.2) is 11.2 Å². The van der Waals surface area contributed by atoms with E-state index in [2.05, 4.69) is 0 Å². The smallest absolute Gasteiger partial charge is 0.391 e. The van der Waals surface area contributed by atoms with Crippen LogP contribution in [0.2, 0.25) is 5.02 Å². The number of rotatable bonds is 3. The quantitative estimate of drug-likeness (QED) is 0.821. The number of alkyl halides is 3. The Bertz CT molecular complexity index is 490. The van der Waals surface area contributed by atoms with Gasteiger partial charge in [-0.15, -0.1) is 12.4 Å². The van der Waals surface area contributed by atoms with Gasteiger partial charge in [0.15, 0.2) is 0 Å². The Hall–Kier alpha value is -0.490. The lowest BCUT2D eigenvalue weighted by molar-refractivity contribution is -0.137. The average Bonchev–Trinajstić information content (AvgIpc) is 2.45. The van der Waals surface area contributed by atoms with Crippen LogP contribution in [-0.2, 0) is 6.18 Å². The molecule has 126 valence electrons. The van der Waals surface area contributed by atoms with E-state index in [4.69, 9.17) is 17.3 Å². The van der Waals surface area contributed by atoms with Crippen molar-refractivity contribution in [1.29, 1.82) is 0 Å². The molecule has 1 aliphatic rings. The molecule has 0 aliphatic heterocycles. The molecule has 0 saturated heterocycles. The summed E-state index contributed by atoms with van der Waals surface area (Å²) in [5.74, 6) is 0.0272. The summed E-state index contributed by atoms with van der Waals surface area (Å²) in [6, 6.07) is 2.75. The van der Waals surface area contributed by atoms with E-state index in [1.807, 2.05) is 0 Å². The minimum atomic E-state index is -4.53. The molecule has 1 aromatic carbocycles. The van der Waals surface area contributed by atoms with Gasteiger partial charge in [-0.25, -0.2) is 0 Å². The summed E-state index contributed by atoms with van der Waals surface area (Å²) in [5, 5.41) is 9.94. The second-order valence-corrected chi connectivity index (χ2v) is 6.00. The number of hydrogen-bond donors (Lipinski definition) is 2. The van der Waals surface area contributed by atoms with E-state index in [1.165, 1.54) is 12.1 Å². The van der Waals surface area contributed by atoms with Crippen LogP contribution in [0.25, 0.3) is 0 Å². The van der Waals surface area contributed by atoms with Crippen molar-refractivity contribution >= 4 is 24.0 Å². The fourth-order valence-corrected chi connectivity index (χ4v) is 3.34. The van der Waals surface area contributed by atoms with Gasteiger partial charge >= 0.3 is 6.18 Å². The van der Waals surface area contributed by atoms with Gasteiger partial charge in [-0.2, -0.15) is 13.2 Å². The number of aliphatic hydroxyl groups is 1. The van der Waals surface area contributed by atoms with Gasteiger partial charge in [0.05, 0.1) is 22.7 Å². The topological polar surface area (TPSA) is 46.2 Å². The molecule has 7 heteroatoms. The van der Waals surface area contributed by atoms with Crippen molar-refractivity contribution in [2.75, 3.05) is 0 Å². The van der Waals surface area contributed by atoms with E-state index in [0.29, 0.717) is 0 Å². The largest absolute Gasteiger partial charge is 0.417 e. The summed E-state index contributed by atoms with van der Waals surface area (Å²) in [7, 11) is 0. The molecule has 1 saturated carbocycles. The summed E-state index contributed by atoms with van der Waals surface area (Å²) >= 11 is 5.86. The van der Waals surface area contributed by atoms with Crippen LogP contribution in [0, 0.1) is 5.92 Å². The Morgan fingerprint density at radius 2 is 1.77 bits per heavy atom. The first kappa shape index (κ1) is 19.6. The van der Waals surface area contributed by atoms with Gasteiger partial charge < -0.3 is 10.8 Å². The van der Waals surface area contributed by atoms with Crippen LogP contribution in [0.3, 0.4) is 0 Å². The molecular weight excluding hydrogens is 338 g/mol. The lowest BCUT2D eigenvalue weighted by Gasteiger charge is -2.31. The maximum atomic E-state index is 12.9. The van der Waals surface area contributed by atoms with Gasteiger partial charge in [-0.3, -0.25) is 0 Å². The minimum absolute atomic E-state index is 0. The second-order valence-electron chi connectivity index (χ2n) is 5.62. The zero-order chi connectivity index (χ0) is 15.6. The molecule has 0 spiro atoms. The predicted octanol–water partition coefficient (Wildman–Crippen LogP) is 4.72. The number of aliphatic hydroxyl groups excluding tert-OH is 1. The lowest BCUT2D eigenvalue weighted by Crippen LogP contribution is -2.34. The average molecular weight is 358 g/mol. The summed E-state index contributed by atoms with van der Waals surface area (Å²) in [6.07, 6.45) is -0.524. The van der Waals surface area contributed by atoms with Crippen LogP contribution in [0.5, 0.6) is 0 Å². The molecule has 2 atom stereocenters. The molecule has 0 aromatic heterocycles. The van der Waals surface area contributed by atoms with E-state index in [0.717, 1.165) is 38.2 Å². The molecule has 2 rings (SSSR count). The summed E-state index contributed by atoms with van der Waals surface area (Å²) in [5.41, 5.74) is 5.23. The maximum absolute atomic E-state index is 12.9. The molecule has 2 nitrogen and oxygen atoms in total. The van der Waals surface area contributed by atoms with Crippen molar-refractivity contribution < 1.29 is 18.3 Å². The van der Waals surface area contributed by atoms with E-state index in [-0.39, 0.29) is 23.9 Å². The normalized spacial score (nSPS) is 19.4. The first-order valence-corrected chi connectivity index (χ1v) is 7.49. The Balaban J connectivity index is 0.00000242. The van der Waals surface area contributed by atoms with Gasteiger partial charge in [0.25, 0.3) is 0 Å². The second kappa shape index (κ2) is 7.86. The van der Waals surface area contributed by atoms with Gasteiger partial charge in [-0.05, 0) is 30.4 Å². The highest BCUT2D eigenvalue weighted by molar-refractivity contribution is 6.32. The number of hydrogen-bond acceptors (Lipinski definition) is 2. The molecule has 0 unspecified atom stereocenters. The van der Waals surface area contributed by atoms with E-state index < -0.39 is 28.9 Å². The number of benzene rings is 1. The SMILES string of the molecule is Cl.N[C@H](c1cccc(C(F)(F)F)c1Cl)[C@@H](O)C1CCCCC1. The van der Waals surface area contributed by atoms with E-state index in [9.17, 15) is 18.3 Å². The van der Waals surface area contributed by atoms with Crippen LogP contribution >= 0.6 is 24.0 Å². The lowest BCUT2D eigenvalue weighted by atomic mass is 9.81. The van der Waals surface area contributed by atoms with Crippen molar-refractivity contribution in [3.8, 4) is 0 Å². The van der Waals surface area contributed by atoms with Crippen LogP contribution in [0.15, 0.2) is 18.2 Å². The van der Waals surface area contributed by atoms with Crippen LogP contribution in [0.4, 0.5) is 13.2 Å². The van der Waals surface area contributed by atoms with Gasteiger partial charge in [0.1, 0.15) is 0 Å². The molecule has 0 radical (unpaired) electrons. The molecule has 0 amide bonds. The summed E-state index contributed by atoms with van der Waals surface area (Å²) < 4.78 is 38.6. The monoisotopic (exact) mass is 357 g/mol. The highest BCUT2D eigenvalue weighted by atomic mass is 35.5. The fourth-order valence-electron chi connectivity index (χ4n) is 2.98. The Labute approximate surface area is 139 Å². The van der Waals surface area contributed by atoms with Crippen molar-refractivity contribution in [2.45, 2.75) is 50.4 Å². The zero-order valence-corrected chi connectivity index (χ0v) is 13.5. The third kappa shape index (κ3) is 4.28. The Morgan fingerprint density at radius 1 is 1.18 bits per heavy atom. The van der Waals surface area contributed by atoms with Crippen LogP contribution < -0.4 is 5.73 Å². The van der Waals surface area contributed by atoms with Gasteiger partial charge in [-0.1, -0.05) is 43.0 Å². The summed E-state index contributed by atoms with van der Waals surface area (Å²) in [6.45, 7) is 0. The molecule has 1 aliphatic carbocycles. The van der Waals surface area contributed by atoms with E-state index in [1.54, 1.807) is 0 Å². The first-order valence-electron chi connectivity index (χ1n) is 7.11. The minimum Gasteiger partial charge on any atom is -0.391 e. The standard InChI is InChI=1S/C15H19ClF3NO.ClH/c16-12-10(7-4-8-11(12)15(17,18)19)13(20)14(21)9-5-2-1-3-6-9;/h4,7-9,13-14,21H,1-3,5-6,20H2;1H/t13-,14+;/m1./s1. The fraction of sp³-hybridized carbons (Fsp3) is 0.600. The van der Waals surface area contributed by atoms with Crippen molar-refractivity contribution in [1.82, 2.24) is 0 Å². The maximum Gasteiger partial charge on any atom is 0.417 e. The van der Waals surface area contributed by atoms with Crippen LogP contribution in [0.1, 0.15) is 49.3 Å². The molecule has 0 heterocycles. The van der Waals surface area contributed by atoms with Crippen molar-refractivity contribution in [3.63, 3.8) is 0 Å². The first-order chi connectivity index (χ1) is 9.82. The Morgan fingerprint density at radius 3 is 2.32 bits per heavy atom. The molecule has 3 N–H and O–H groups in total. The molecule has 0 bridgehead atoms. The van der Waals surface area contributed by atoms with Gasteiger partial charge in [0, 0.05) is 0 Å². The molecule has 1 fully saturated rings.